The summed E-state index contributed by atoms with van der Waals surface area (Å²) in [6, 6.07) is 11.3. The number of benzene rings is 2. The first-order valence-electron chi connectivity index (χ1n) is 8.28. The van der Waals surface area contributed by atoms with Crippen molar-refractivity contribution in [3.05, 3.63) is 59.1 Å². The van der Waals surface area contributed by atoms with Crippen LogP contribution in [0.5, 0.6) is 5.75 Å². The second-order valence-electron chi connectivity index (χ2n) is 6.15. The van der Waals surface area contributed by atoms with Crippen LogP contribution in [0.15, 0.2) is 48.5 Å². The normalized spacial score (nSPS) is 13.3. The first-order valence-corrected chi connectivity index (χ1v) is 8.66. The maximum Gasteiger partial charge on any atom is 0.573 e. The Morgan fingerprint density at radius 1 is 1.07 bits per heavy atom. The lowest BCUT2D eigenvalue weighted by molar-refractivity contribution is -0.274. The fraction of sp³-hybridized carbons (Fsp3) is 0.263. The van der Waals surface area contributed by atoms with Crippen LogP contribution in [0.1, 0.15) is 12.5 Å². The smallest absolute Gasteiger partial charge is 0.406 e. The van der Waals surface area contributed by atoms with Crippen molar-refractivity contribution in [3.8, 4) is 5.75 Å². The van der Waals surface area contributed by atoms with Crippen molar-refractivity contribution in [2.45, 2.75) is 18.9 Å². The topological polar surface area (TPSA) is 76.7 Å². The summed E-state index contributed by atoms with van der Waals surface area (Å²) in [6.45, 7) is 1.70. The zero-order chi connectivity index (χ0) is 21.7. The highest BCUT2D eigenvalue weighted by Gasteiger charge is 2.31. The molecule has 156 valence electrons. The van der Waals surface area contributed by atoms with Gasteiger partial charge in [0.1, 0.15) is 11.4 Å². The van der Waals surface area contributed by atoms with Crippen LogP contribution >= 0.6 is 11.6 Å². The molecule has 0 aliphatic carbocycles. The van der Waals surface area contributed by atoms with Gasteiger partial charge in [0.15, 0.2) is 0 Å². The lowest BCUT2D eigenvalue weighted by Crippen LogP contribution is -2.44. The van der Waals surface area contributed by atoms with Gasteiger partial charge in [-0.25, -0.2) is 0 Å². The molecule has 2 amide bonds. The van der Waals surface area contributed by atoms with Crippen LogP contribution in [0.2, 0.25) is 5.02 Å². The summed E-state index contributed by atoms with van der Waals surface area (Å²) < 4.78 is 45.7. The fourth-order valence-corrected chi connectivity index (χ4v) is 2.56. The Bertz CT molecular complexity index is 875. The molecule has 0 aliphatic rings. The minimum atomic E-state index is -4.82. The molecule has 2 N–H and O–H groups in total. The van der Waals surface area contributed by atoms with E-state index in [4.69, 9.17) is 16.3 Å². The number of nitrogens with one attached hydrogen (secondary N) is 2. The molecule has 0 fully saturated rings. The molecule has 2 aromatic carbocycles. The second-order valence-corrected chi connectivity index (χ2v) is 6.59. The van der Waals surface area contributed by atoms with Crippen molar-refractivity contribution < 1.29 is 32.2 Å². The van der Waals surface area contributed by atoms with Crippen molar-refractivity contribution in [2.24, 2.45) is 0 Å². The molecule has 0 heterocycles. The van der Waals surface area contributed by atoms with Gasteiger partial charge in [-0.1, -0.05) is 23.7 Å². The Labute approximate surface area is 169 Å². The van der Waals surface area contributed by atoms with E-state index in [0.29, 0.717) is 10.6 Å². The van der Waals surface area contributed by atoms with Crippen LogP contribution in [0.4, 0.5) is 18.9 Å². The molecule has 0 aromatic heterocycles. The Kier molecular flexibility index (Phi) is 7.10. The fourth-order valence-electron chi connectivity index (χ4n) is 2.37. The monoisotopic (exact) mass is 430 g/mol. The zero-order valence-electron chi connectivity index (χ0n) is 15.5. The Hall–Kier alpha value is -2.78. The van der Waals surface area contributed by atoms with Crippen LogP contribution < -0.4 is 15.4 Å². The minimum Gasteiger partial charge on any atom is -0.406 e. The number of anilines is 1. The van der Waals surface area contributed by atoms with E-state index in [0.717, 1.165) is 12.1 Å². The van der Waals surface area contributed by atoms with E-state index < -0.39 is 29.5 Å². The SMILES string of the molecule is CO[C@](C)(CNC(=O)C(=O)Nc1ccc(OC(F)(F)F)cc1)c1cccc(Cl)c1. The summed E-state index contributed by atoms with van der Waals surface area (Å²) >= 11 is 5.98. The predicted octanol–water partition coefficient (Wildman–Crippen LogP) is 3.86. The number of amides is 2. The number of carbonyl (C=O) groups is 2. The highest BCUT2D eigenvalue weighted by atomic mass is 35.5. The van der Waals surface area contributed by atoms with Gasteiger partial charge in [-0.2, -0.15) is 0 Å². The largest absolute Gasteiger partial charge is 0.573 e. The van der Waals surface area contributed by atoms with Crippen molar-refractivity contribution >= 4 is 29.1 Å². The molecule has 10 heteroatoms. The van der Waals surface area contributed by atoms with Gasteiger partial charge in [-0.3, -0.25) is 9.59 Å². The molecule has 2 aromatic rings. The molecule has 0 saturated carbocycles. The van der Waals surface area contributed by atoms with Crippen molar-refractivity contribution in [2.75, 3.05) is 19.0 Å². The quantitative estimate of drug-likeness (QED) is 0.682. The summed E-state index contributed by atoms with van der Waals surface area (Å²) in [6.07, 6.45) is -4.82. The predicted molar refractivity (Wildman–Crippen MR) is 101 cm³/mol. The molecule has 0 saturated heterocycles. The molecule has 1 atom stereocenters. The van der Waals surface area contributed by atoms with E-state index in [-0.39, 0.29) is 12.2 Å². The molecular weight excluding hydrogens is 413 g/mol. The molecular formula is C19H18ClF3N2O4. The van der Waals surface area contributed by atoms with Crippen LogP contribution in [-0.4, -0.2) is 31.8 Å². The third-order valence-corrected chi connectivity index (χ3v) is 4.26. The molecule has 0 aliphatic heterocycles. The molecule has 0 radical (unpaired) electrons. The van der Waals surface area contributed by atoms with Crippen LogP contribution in [0.3, 0.4) is 0 Å². The van der Waals surface area contributed by atoms with Gasteiger partial charge in [-0.15, -0.1) is 13.2 Å². The highest BCUT2D eigenvalue weighted by Crippen LogP contribution is 2.26. The van der Waals surface area contributed by atoms with Crippen molar-refractivity contribution in [3.63, 3.8) is 0 Å². The molecule has 0 unspecified atom stereocenters. The maximum absolute atomic E-state index is 12.2. The summed E-state index contributed by atoms with van der Waals surface area (Å²) in [5.74, 6) is -2.37. The molecule has 29 heavy (non-hydrogen) atoms. The number of alkyl halides is 3. The summed E-state index contributed by atoms with van der Waals surface area (Å²) in [5, 5.41) is 5.24. The second kappa shape index (κ2) is 9.15. The van der Waals surface area contributed by atoms with Crippen LogP contribution in [0, 0.1) is 0 Å². The number of rotatable bonds is 6. The average Bonchev–Trinajstić information content (AvgIpc) is 2.66. The lowest BCUT2D eigenvalue weighted by atomic mass is 9.95. The maximum atomic E-state index is 12.2. The van der Waals surface area contributed by atoms with Gasteiger partial charge < -0.3 is 20.1 Å². The van der Waals surface area contributed by atoms with E-state index in [1.165, 1.54) is 19.2 Å². The van der Waals surface area contributed by atoms with Crippen LogP contribution in [0.25, 0.3) is 0 Å². The summed E-state index contributed by atoms with van der Waals surface area (Å²) in [7, 11) is 1.46. The number of halogens is 4. The van der Waals surface area contributed by atoms with Gasteiger partial charge in [0.25, 0.3) is 0 Å². The van der Waals surface area contributed by atoms with Gasteiger partial charge in [0.2, 0.25) is 0 Å². The Morgan fingerprint density at radius 2 is 1.72 bits per heavy atom. The van der Waals surface area contributed by atoms with Gasteiger partial charge in [-0.05, 0) is 48.9 Å². The molecule has 6 nitrogen and oxygen atoms in total. The molecule has 2 rings (SSSR count). The summed E-state index contributed by atoms with van der Waals surface area (Å²) in [4.78, 5) is 24.1. The first kappa shape index (κ1) is 22.5. The minimum absolute atomic E-state index is 0.0194. The number of ether oxygens (including phenoxy) is 2. The standard InChI is InChI=1S/C19H18ClF3N2O4/c1-18(28-2,12-4-3-5-13(20)10-12)11-24-16(26)17(27)25-14-6-8-15(9-7-14)29-19(21,22)23/h3-10H,11H2,1-2H3,(H,24,26)(H,25,27)/t18-/m1/s1. The van der Waals surface area contributed by atoms with Crippen LogP contribution in [-0.2, 0) is 19.9 Å². The van der Waals surface area contributed by atoms with Crippen molar-refractivity contribution in [1.82, 2.24) is 5.32 Å². The van der Waals surface area contributed by atoms with E-state index in [2.05, 4.69) is 15.4 Å². The number of carbonyl (C=O) groups excluding carboxylic acids is 2. The van der Waals surface area contributed by atoms with Gasteiger partial charge >= 0.3 is 18.2 Å². The van der Waals surface area contributed by atoms with Crippen molar-refractivity contribution in [1.29, 1.82) is 0 Å². The molecule has 0 spiro atoms. The Morgan fingerprint density at radius 3 is 2.28 bits per heavy atom. The summed E-state index contributed by atoms with van der Waals surface area (Å²) in [5.41, 5.74) is -0.102. The van der Waals surface area contributed by atoms with Gasteiger partial charge in [0.05, 0.1) is 6.54 Å². The zero-order valence-corrected chi connectivity index (χ0v) is 16.2. The highest BCUT2D eigenvalue weighted by molar-refractivity contribution is 6.39. The average molecular weight is 431 g/mol. The Balaban J connectivity index is 1.95. The number of hydrogen-bond acceptors (Lipinski definition) is 4. The lowest BCUT2D eigenvalue weighted by Gasteiger charge is -2.29. The molecule has 0 bridgehead atoms. The number of hydrogen-bond donors (Lipinski definition) is 2. The third kappa shape index (κ3) is 6.65. The van der Waals surface area contributed by atoms with Gasteiger partial charge in [0, 0.05) is 17.8 Å². The van der Waals surface area contributed by atoms with E-state index in [9.17, 15) is 22.8 Å². The third-order valence-electron chi connectivity index (χ3n) is 4.02. The number of methoxy groups -OCH3 is 1. The van der Waals surface area contributed by atoms with E-state index >= 15 is 0 Å². The van der Waals surface area contributed by atoms with E-state index in [1.54, 1.807) is 31.2 Å². The van der Waals surface area contributed by atoms with E-state index in [1.807, 2.05) is 0 Å². The first-order chi connectivity index (χ1) is 13.5.